The van der Waals surface area contributed by atoms with Crippen LogP contribution in [0.5, 0.6) is 0 Å². The predicted octanol–water partition coefficient (Wildman–Crippen LogP) is 1.16. The number of carbonyl (C=O) groups is 1. The summed E-state index contributed by atoms with van der Waals surface area (Å²) in [6.07, 6.45) is 0.231. The summed E-state index contributed by atoms with van der Waals surface area (Å²) >= 11 is 0. The van der Waals surface area contributed by atoms with E-state index in [1.807, 2.05) is 0 Å². The van der Waals surface area contributed by atoms with Crippen molar-refractivity contribution in [3.05, 3.63) is 24.3 Å². The molecule has 0 fully saturated rings. The molecule has 5 nitrogen and oxygen atoms in total. The van der Waals surface area contributed by atoms with Gasteiger partial charge in [0.2, 0.25) is 5.91 Å². The van der Waals surface area contributed by atoms with Crippen LogP contribution in [0.2, 0.25) is 0 Å². The highest BCUT2D eigenvalue weighted by Crippen LogP contribution is 2.15. The van der Waals surface area contributed by atoms with Crippen molar-refractivity contribution < 1.29 is 13.2 Å². The van der Waals surface area contributed by atoms with Crippen LogP contribution in [0.1, 0.15) is 20.3 Å². The number of sulfone groups is 1. The van der Waals surface area contributed by atoms with Gasteiger partial charge in [-0.3, -0.25) is 4.79 Å². The number of amides is 1. The topological polar surface area (TPSA) is 89.3 Å². The first-order chi connectivity index (χ1) is 8.35. The van der Waals surface area contributed by atoms with Crippen molar-refractivity contribution in [1.82, 2.24) is 0 Å². The third-order valence-electron chi connectivity index (χ3n) is 2.38. The van der Waals surface area contributed by atoms with Crippen LogP contribution >= 0.6 is 0 Å². The van der Waals surface area contributed by atoms with E-state index in [9.17, 15) is 13.2 Å². The number of carbonyl (C=O) groups excluding carboxylic acids is 1. The second kappa shape index (κ2) is 5.97. The van der Waals surface area contributed by atoms with E-state index in [1.165, 1.54) is 12.1 Å². The minimum Gasteiger partial charge on any atom is -0.327 e. The van der Waals surface area contributed by atoms with E-state index < -0.39 is 9.84 Å². The molecule has 0 aliphatic carbocycles. The molecule has 1 unspecified atom stereocenters. The lowest BCUT2D eigenvalue weighted by atomic mass is 10.2. The van der Waals surface area contributed by atoms with Gasteiger partial charge in [0.15, 0.2) is 9.84 Å². The molecule has 0 aliphatic rings. The maximum atomic E-state index is 11.6. The van der Waals surface area contributed by atoms with Crippen molar-refractivity contribution in [2.75, 3.05) is 11.1 Å². The van der Waals surface area contributed by atoms with Crippen molar-refractivity contribution >= 4 is 21.4 Å². The lowest BCUT2D eigenvalue weighted by molar-refractivity contribution is -0.116. The second-order valence-corrected chi connectivity index (χ2v) is 6.44. The summed E-state index contributed by atoms with van der Waals surface area (Å²) in [5.74, 6) is -0.125. The molecular formula is C12H18N2O3S. The average molecular weight is 270 g/mol. The Labute approximate surface area is 107 Å². The van der Waals surface area contributed by atoms with Gasteiger partial charge in [0, 0.05) is 18.2 Å². The second-order valence-electron chi connectivity index (χ2n) is 4.16. The third kappa shape index (κ3) is 4.12. The summed E-state index contributed by atoms with van der Waals surface area (Å²) in [5.41, 5.74) is 6.07. The van der Waals surface area contributed by atoms with Gasteiger partial charge in [0.1, 0.15) is 0 Å². The van der Waals surface area contributed by atoms with Crippen LogP contribution in [0.3, 0.4) is 0 Å². The van der Waals surface area contributed by atoms with E-state index in [4.69, 9.17) is 5.73 Å². The normalized spacial score (nSPS) is 13.1. The van der Waals surface area contributed by atoms with Crippen LogP contribution < -0.4 is 11.1 Å². The predicted molar refractivity (Wildman–Crippen MR) is 71.1 cm³/mol. The maximum Gasteiger partial charge on any atom is 0.225 e. The Morgan fingerprint density at radius 1 is 1.33 bits per heavy atom. The van der Waals surface area contributed by atoms with E-state index in [0.29, 0.717) is 5.69 Å². The van der Waals surface area contributed by atoms with Crippen LogP contribution in [0.4, 0.5) is 5.69 Å². The van der Waals surface area contributed by atoms with E-state index >= 15 is 0 Å². The maximum absolute atomic E-state index is 11.6. The highest BCUT2D eigenvalue weighted by Gasteiger charge is 2.11. The number of nitrogens with one attached hydrogen (secondary N) is 1. The highest BCUT2D eigenvalue weighted by molar-refractivity contribution is 7.91. The number of hydrogen-bond acceptors (Lipinski definition) is 4. The summed E-state index contributed by atoms with van der Waals surface area (Å²) < 4.78 is 23.2. The lowest BCUT2D eigenvalue weighted by Gasteiger charge is -2.08. The van der Waals surface area contributed by atoms with Gasteiger partial charge in [-0.15, -0.1) is 0 Å². The standard InChI is InChI=1S/C12H18N2O3S/c1-3-18(16,17)11-6-4-10(5-7-11)14-12(15)8-9(2)13/h4-7,9H,3,8,13H2,1-2H3,(H,14,15). The number of rotatable bonds is 5. The molecule has 100 valence electrons. The minimum atomic E-state index is -3.20. The molecule has 1 amide bonds. The molecule has 18 heavy (non-hydrogen) atoms. The van der Waals surface area contributed by atoms with E-state index in [0.717, 1.165) is 0 Å². The molecule has 1 aromatic rings. The zero-order valence-corrected chi connectivity index (χ0v) is 11.3. The molecular weight excluding hydrogens is 252 g/mol. The summed E-state index contributed by atoms with van der Waals surface area (Å²) in [6, 6.07) is 5.91. The Morgan fingerprint density at radius 3 is 2.33 bits per heavy atom. The zero-order chi connectivity index (χ0) is 13.8. The monoisotopic (exact) mass is 270 g/mol. The van der Waals surface area contributed by atoms with Crippen molar-refractivity contribution in [1.29, 1.82) is 0 Å². The van der Waals surface area contributed by atoms with Crippen LogP contribution in [0.15, 0.2) is 29.2 Å². The molecule has 0 heterocycles. The van der Waals surface area contributed by atoms with Crippen LogP contribution in [0.25, 0.3) is 0 Å². The van der Waals surface area contributed by atoms with Crippen molar-refractivity contribution in [3.8, 4) is 0 Å². The molecule has 0 bridgehead atoms. The van der Waals surface area contributed by atoms with Gasteiger partial charge in [0.25, 0.3) is 0 Å². The first-order valence-corrected chi connectivity index (χ1v) is 7.38. The molecule has 0 saturated heterocycles. The SMILES string of the molecule is CCS(=O)(=O)c1ccc(NC(=O)CC(C)N)cc1. The molecule has 3 N–H and O–H groups in total. The van der Waals surface area contributed by atoms with Gasteiger partial charge >= 0.3 is 0 Å². The van der Waals surface area contributed by atoms with E-state index in [1.54, 1.807) is 26.0 Å². The Hall–Kier alpha value is -1.40. The highest BCUT2D eigenvalue weighted by atomic mass is 32.2. The number of anilines is 1. The fraction of sp³-hybridized carbons (Fsp3) is 0.417. The van der Waals surface area contributed by atoms with Gasteiger partial charge in [-0.05, 0) is 31.2 Å². The largest absolute Gasteiger partial charge is 0.327 e. The number of hydrogen-bond donors (Lipinski definition) is 2. The molecule has 0 radical (unpaired) electrons. The summed E-state index contributed by atoms with van der Waals surface area (Å²) in [7, 11) is -3.20. The molecule has 0 aromatic heterocycles. The van der Waals surface area contributed by atoms with Crippen LogP contribution in [-0.4, -0.2) is 26.1 Å². The molecule has 6 heteroatoms. The first-order valence-electron chi connectivity index (χ1n) is 5.73. The number of benzene rings is 1. The number of nitrogens with two attached hydrogens (primary N) is 1. The molecule has 0 spiro atoms. The molecule has 1 atom stereocenters. The Bertz CT molecular complexity index is 507. The quantitative estimate of drug-likeness (QED) is 0.840. The summed E-state index contributed by atoms with van der Waals surface area (Å²) in [6.45, 7) is 3.34. The van der Waals surface area contributed by atoms with Gasteiger partial charge in [-0.2, -0.15) is 0 Å². The van der Waals surface area contributed by atoms with Crippen molar-refractivity contribution in [2.45, 2.75) is 31.2 Å². The van der Waals surface area contributed by atoms with Gasteiger partial charge in [-0.25, -0.2) is 8.42 Å². The van der Waals surface area contributed by atoms with Gasteiger partial charge in [0.05, 0.1) is 10.6 Å². The van der Waals surface area contributed by atoms with Crippen molar-refractivity contribution in [2.24, 2.45) is 5.73 Å². The Kier molecular flexibility index (Phi) is 4.86. The van der Waals surface area contributed by atoms with E-state index in [-0.39, 0.29) is 29.0 Å². The fourth-order valence-electron chi connectivity index (χ4n) is 1.42. The van der Waals surface area contributed by atoms with Crippen LogP contribution in [-0.2, 0) is 14.6 Å². The summed E-state index contributed by atoms with van der Waals surface area (Å²) in [4.78, 5) is 11.7. The van der Waals surface area contributed by atoms with Crippen LogP contribution in [0, 0.1) is 0 Å². The minimum absolute atomic E-state index is 0.0589. The van der Waals surface area contributed by atoms with E-state index in [2.05, 4.69) is 5.32 Å². The first kappa shape index (κ1) is 14.7. The zero-order valence-electron chi connectivity index (χ0n) is 10.5. The van der Waals surface area contributed by atoms with Gasteiger partial charge < -0.3 is 11.1 Å². The Balaban J connectivity index is 2.75. The Morgan fingerprint density at radius 2 is 1.89 bits per heavy atom. The smallest absolute Gasteiger partial charge is 0.225 e. The lowest BCUT2D eigenvalue weighted by Crippen LogP contribution is -2.23. The van der Waals surface area contributed by atoms with Gasteiger partial charge in [-0.1, -0.05) is 6.92 Å². The van der Waals surface area contributed by atoms with Crippen molar-refractivity contribution in [3.63, 3.8) is 0 Å². The molecule has 1 rings (SSSR count). The molecule has 1 aromatic carbocycles. The molecule has 0 saturated carbocycles. The summed E-state index contributed by atoms with van der Waals surface area (Å²) in [5, 5.41) is 2.66. The molecule has 0 aliphatic heterocycles. The average Bonchev–Trinajstić information content (AvgIpc) is 2.28. The fourth-order valence-corrected chi connectivity index (χ4v) is 2.30. The third-order valence-corrected chi connectivity index (χ3v) is 4.14.